The Morgan fingerprint density at radius 2 is 2.29 bits per heavy atom. The summed E-state index contributed by atoms with van der Waals surface area (Å²) >= 11 is 1.89. The molecule has 98 valence electrons. The number of rotatable bonds is 9. The van der Waals surface area contributed by atoms with Crippen LogP contribution in [0.4, 0.5) is 0 Å². The molecule has 0 spiro atoms. The van der Waals surface area contributed by atoms with Crippen molar-refractivity contribution in [2.75, 3.05) is 12.4 Å². The van der Waals surface area contributed by atoms with Gasteiger partial charge in [0, 0.05) is 17.9 Å². The summed E-state index contributed by atoms with van der Waals surface area (Å²) in [7, 11) is 0. The van der Waals surface area contributed by atoms with Crippen LogP contribution in [0.15, 0.2) is 0 Å². The molecule has 2 N–H and O–H groups in total. The van der Waals surface area contributed by atoms with Gasteiger partial charge in [-0.3, -0.25) is 5.32 Å². The molecule has 1 aliphatic rings. The number of nitrogens with zero attached hydrogens (tertiary/aromatic N) is 1. The zero-order chi connectivity index (χ0) is 12.7. The van der Waals surface area contributed by atoms with E-state index in [1.54, 1.807) is 0 Å². The lowest BCUT2D eigenvalue weighted by Crippen LogP contribution is -2.42. The average molecular weight is 256 g/mol. The lowest BCUT2D eigenvalue weighted by Gasteiger charge is -2.23. The number of hydrogen-bond acceptors (Lipinski definition) is 4. The molecule has 0 bridgehead atoms. The molecule has 1 fully saturated rings. The van der Waals surface area contributed by atoms with Crippen LogP contribution in [0.25, 0.3) is 0 Å². The van der Waals surface area contributed by atoms with Crippen LogP contribution in [0.1, 0.15) is 46.0 Å². The Bertz CT molecular complexity index is 263. The molecule has 1 saturated carbocycles. The van der Waals surface area contributed by atoms with E-state index in [9.17, 15) is 5.26 Å². The molecule has 4 heteroatoms. The molecule has 0 saturated heterocycles. The summed E-state index contributed by atoms with van der Waals surface area (Å²) < 4.78 is 0. The average Bonchev–Trinajstić information content (AvgIpc) is 3.09. The highest BCUT2D eigenvalue weighted by atomic mass is 32.2. The lowest BCUT2D eigenvalue weighted by atomic mass is 9.98. The van der Waals surface area contributed by atoms with Crippen molar-refractivity contribution in [1.29, 1.82) is 5.26 Å². The monoisotopic (exact) mass is 256 g/mol. The van der Waals surface area contributed by atoms with Gasteiger partial charge in [-0.2, -0.15) is 17.0 Å². The molecular formula is C13H24N2OS. The summed E-state index contributed by atoms with van der Waals surface area (Å²) in [6.07, 6.45) is 5.28. The van der Waals surface area contributed by atoms with Crippen LogP contribution in [0.5, 0.6) is 0 Å². The SMILES string of the molecule is CC(CCO)SCCCC(C)(C#N)NC1CC1. The van der Waals surface area contributed by atoms with Crippen molar-refractivity contribution in [2.24, 2.45) is 0 Å². The molecule has 2 unspecified atom stereocenters. The van der Waals surface area contributed by atoms with Crippen molar-refractivity contribution < 1.29 is 5.11 Å². The van der Waals surface area contributed by atoms with Crippen LogP contribution >= 0.6 is 11.8 Å². The highest BCUT2D eigenvalue weighted by Crippen LogP contribution is 2.25. The molecule has 0 aromatic carbocycles. The van der Waals surface area contributed by atoms with Crippen molar-refractivity contribution in [2.45, 2.75) is 62.8 Å². The van der Waals surface area contributed by atoms with Crippen LogP contribution in [0.2, 0.25) is 0 Å². The highest BCUT2D eigenvalue weighted by molar-refractivity contribution is 7.99. The van der Waals surface area contributed by atoms with Gasteiger partial charge in [-0.1, -0.05) is 6.92 Å². The maximum absolute atomic E-state index is 9.20. The van der Waals surface area contributed by atoms with E-state index < -0.39 is 0 Å². The fraction of sp³-hybridized carbons (Fsp3) is 0.923. The van der Waals surface area contributed by atoms with Gasteiger partial charge in [0.05, 0.1) is 6.07 Å². The van der Waals surface area contributed by atoms with E-state index in [0.717, 1.165) is 25.0 Å². The smallest absolute Gasteiger partial charge is 0.104 e. The molecule has 0 amide bonds. The Hall–Kier alpha value is -0.240. The predicted molar refractivity (Wildman–Crippen MR) is 73.0 cm³/mol. The minimum atomic E-state index is -0.345. The van der Waals surface area contributed by atoms with Gasteiger partial charge < -0.3 is 5.11 Å². The molecule has 1 rings (SSSR count). The summed E-state index contributed by atoms with van der Waals surface area (Å²) in [6, 6.07) is 2.99. The molecule has 0 aromatic rings. The lowest BCUT2D eigenvalue weighted by molar-refractivity contribution is 0.289. The third-order valence-corrected chi connectivity index (χ3v) is 4.44. The van der Waals surface area contributed by atoms with Gasteiger partial charge in [0.1, 0.15) is 5.54 Å². The van der Waals surface area contributed by atoms with Gasteiger partial charge >= 0.3 is 0 Å². The van der Waals surface area contributed by atoms with Crippen LogP contribution in [-0.2, 0) is 0 Å². The van der Waals surface area contributed by atoms with Gasteiger partial charge in [-0.15, -0.1) is 0 Å². The topological polar surface area (TPSA) is 56.0 Å². The van der Waals surface area contributed by atoms with E-state index >= 15 is 0 Å². The largest absolute Gasteiger partial charge is 0.396 e. The first-order valence-electron chi connectivity index (χ1n) is 6.51. The third-order valence-electron chi connectivity index (χ3n) is 3.11. The molecule has 0 heterocycles. The molecule has 1 aliphatic carbocycles. The van der Waals surface area contributed by atoms with E-state index in [-0.39, 0.29) is 12.1 Å². The summed E-state index contributed by atoms with van der Waals surface area (Å²) in [4.78, 5) is 0. The number of aliphatic hydroxyl groups excluding tert-OH is 1. The van der Waals surface area contributed by atoms with E-state index in [1.807, 2.05) is 18.7 Å². The first-order valence-corrected chi connectivity index (χ1v) is 7.56. The van der Waals surface area contributed by atoms with Crippen molar-refractivity contribution in [3.05, 3.63) is 0 Å². The Labute approximate surface area is 109 Å². The molecule has 17 heavy (non-hydrogen) atoms. The number of nitriles is 1. The molecular weight excluding hydrogens is 232 g/mol. The maximum atomic E-state index is 9.20. The third kappa shape index (κ3) is 6.30. The Balaban J connectivity index is 2.12. The van der Waals surface area contributed by atoms with Crippen molar-refractivity contribution in [3.8, 4) is 6.07 Å². The van der Waals surface area contributed by atoms with Crippen LogP contribution in [-0.4, -0.2) is 34.3 Å². The molecule has 0 aromatic heterocycles. The number of nitrogens with one attached hydrogen (secondary N) is 1. The quantitative estimate of drug-likeness (QED) is 0.622. The van der Waals surface area contributed by atoms with Gasteiger partial charge in [0.25, 0.3) is 0 Å². The summed E-state index contributed by atoms with van der Waals surface area (Å²) in [6.45, 7) is 4.42. The van der Waals surface area contributed by atoms with E-state index in [0.29, 0.717) is 11.3 Å². The van der Waals surface area contributed by atoms with Gasteiger partial charge in [0.2, 0.25) is 0 Å². The second-order valence-electron chi connectivity index (χ2n) is 5.16. The van der Waals surface area contributed by atoms with Gasteiger partial charge in [0.15, 0.2) is 0 Å². The second kappa shape index (κ2) is 7.25. The second-order valence-corrected chi connectivity index (χ2v) is 6.71. The minimum Gasteiger partial charge on any atom is -0.396 e. The number of thioether (sulfide) groups is 1. The fourth-order valence-corrected chi connectivity index (χ4v) is 2.80. The molecule has 2 atom stereocenters. The maximum Gasteiger partial charge on any atom is 0.104 e. The Morgan fingerprint density at radius 1 is 1.59 bits per heavy atom. The van der Waals surface area contributed by atoms with Crippen molar-refractivity contribution in [3.63, 3.8) is 0 Å². The van der Waals surface area contributed by atoms with E-state index in [2.05, 4.69) is 18.3 Å². The summed E-state index contributed by atoms with van der Waals surface area (Å²) in [5.74, 6) is 1.07. The highest BCUT2D eigenvalue weighted by Gasteiger charge is 2.31. The molecule has 3 nitrogen and oxygen atoms in total. The Kier molecular flexibility index (Phi) is 6.32. The standard InChI is InChI=1S/C13H24N2OS/c1-11(6-8-16)17-9-3-7-13(2,10-14)15-12-4-5-12/h11-12,15-16H,3-9H2,1-2H3. The zero-order valence-electron chi connectivity index (χ0n) is 10.9. The molecule has 0 radical (unpaired) electrons. The summed E-state index contributed by atoms with van der Waals surface area (Å²) in [5, 5.41) is 21.9. The fourth-order valence-electron chi connectivity index (χ4n) is 1.81. The van der Waals surface area contributed by atoms with E-state index in [1.165, 1.54) is 12.8 Å². The predicted octanol–water partition coefficient (Wildman–Crippen LogP) is 2.30. The summed E-state index contributed by atoms with van der Waals surface area (Å²) in [5.41, 5.74) is -0.345. The van der Waals surface area contributed by atoms with Crippen molar-refractivity contribution >= 4 is 11.8 Å². The minimum absolute atomic E-state index is 0.271. The number of aliphatic hydroxyl groups is 1. The number of hydrogen-bond donors (Lipinski definition) is 2. The van der Waals surface area contributed by atoms with E-state index in [4.69, 9.17) is 5.11 Å². The first-order chi connectivity index (χ1) is 8.09. The molecule has 0 aliphatic heterocycles. The van der Waals surface area contributed by atoms with Crippen LogP contribution < -0.4 is 5.32 Å². The first kappa shape index (κ1) is 14.8. The van der Waals surface area contributed by atoms with Crippen molar-refractivity contribution in [1.82, 2.24) is 5.32 Å². The normalized spacial score (nSPS) is 20.6. The zero-order valence-corrected chi connectivity index (χ0v) is 11.7. The Morgan fingerprint density at radius 3 is 2.82 bits per heavy atom. The van der Waals surface area contributed by atoms with Crippen LogP contribution in [0.3, 0.4) is 0 Å². The van der Waals surface area contributed by atoms with Crippen LogP contribution in [0, 0.1) is 11.3 Å². The van der Waals surface area contributed by atoms with Gasteiger partial charge in [-0.25, -0.2) is 0 Å². The van der Waals surface area contributed by atoms with Gasteiger partial charge in [-0.05, 0) is 44.8 Å².